The Morgan fingerprint density at radius 3 is 2.36 bits per heavy atom. The van der Waals surface area contributed by atoms with E-state index in [1.165, 1.54) is 0 Å². The van der Waals surface area contributed by atoms with E-state index in [1.807, 2.05) is 55.6 Å². The fourth-order valence-corrected chi connectivity index (χ4v) is 4.98. The molecule has 3 N–H and O–H groups in total. The average molecular weight is 614 g/mol. The van der Waals surface area contributed by atoms with Crippen molar-refractivity contribution >= 4 is 47.2 Å². The van der Waals surface area contributed by atoms with Crippen LogP contribution in [0.15, 0.2) is 60.8 Å². The minimum absolute atomic E-state index is 0.0699. The summed E-state index contributed by atoms with van der Waals surface area (Å²) in [7, 11) is 1.89. The van der Waals surface area contributed by atoms with Crippen molar-refractivity contribution in [2.24, 2.45) is 0 Å². The average Bonchev–Trinajstić information content (AvgIpc) is 3.31. The van der Waals surface area contributed by atoms with E-state index in [4.69, 9.17) is 14.2 Å². The van der Waals surface area contributed by atoms with Crippen LogP contribution >= 0.6 is 0 Å². The van der Waals surface area contributed by atoms with E-state index in [1.54, 1.807) is 24.4 Å². The first kappa shape index (κ1) is 31.4. The van der Waals surface area contributed by atoms with Gasteiger partial charge >= 0.3 is 0 Å². The number of nitrogens with one attached hydrogen (secondary N) is 3. The zero-order valence-electron chi connectivity index (χ0n) is 24.9. The van der Waals surface area contributed by atoms with Gasteiger partial charge in [-0.15, -0.1) is 0 Å². The third kappa shape index (κ3) is 7.91. The fraction of sp³-hybridized carbons (Fsp3) is 0.303. The number of rotatable bonds is 15. The number of amides is 4. The van der Waals surface area contributed by atoms with Crippen molar-refractivity contribution < 1.29 is 33.4 Å². The third-order valence-electron chi connectivity index (χ3n) is 7.31. The Balaban J connectivity index is 0.958. The largest absolute Gasteiger partial charge is 0.475 e. The van der Waals surface area contributed by atoms with E-state index in [-0.39, 0.29) is 24.0 Å². The summed E-state index contributed by atoms with van der Waals surface area (Å²) in [6, 6.07) is 15.8. The summed E-state index contributed by atoms with van der Waals surface area (Å²) >= 11 is 0. The monoisotopic (exact) mass is 613 g/mol. The van der Waals surface area contributed by atoms with Crippen LogP contribution in [0.3, 0.4) is 0 Å². The highest BCUT2D eigenvalue weighted by Crippen LogP contribution is 2.32. The summed E-state index contributed by atoms with van der Waals surface area (Å²) in [6.07, 6.45) is 5.95. The first-order valence-corrected chi connectivity index (χ1v) is 14.7. The molecule has 3 aromatic rings. The molecule has 1 saturated heterocycles. The third-order valence-corrected chi connectivity index (χ3v) is 7.31. The lowest BCUT2D eigenvalue weighted by Gasteiger charge is -2.27. The second-order valence-electron chi connectivity index (χ2n) is 10.3. The smallest absolute Gasteiger partial charge is 0.264 e. The number of imide groups is 2. The van der Waals surface area contributed by atoms with Crippen molar-refractivity contribution in [2.75, 3.05) is 57.3 Å². The zero-order chi connectivity index (χ0) is 31.6. The molecular weight excluding hydrogens is 578 g/mol. The van der Waals surface area contributed by atoms with Crippen LogP contribution in [0.1, 0.15) is 44.7 Å². The molecule has 3 heterocycles. The topological polar surface area (TPSA) is 148 Å². The lowest BCUT2D eigenvalue weighted by Crippen LogP contribution is -2.54. The first-order chi connectivity index (χ1) is 21.9. The van der Waals surface area contributed by atoms with Crippen LogP contribution in [0.5, 0.6) is 5.88 Å². The molecule has 2 aliphatic heterocycles. The van der Waals surface area contributed by atoms with Crippen LogP contribution in [-0.2, 0) is 19.1 Å². The van der Waals surface area contributed by atoms with Crippen LogP contribution in [0.2, 0.25) is 0 Å². The summed E-state index contributed by atoms with van der Waals surface area (Å²) < 4.78 is 16.8. The van der Waals surface area contributed by atoms with Gasteiger partial charge in [0.25, 0.3) is 11.8 Å². The van der Waals surface area contributed by atoms with Crippen LogP contribution in [0, 0.1) is 0 Å². The standard InChI is InChI=1S/C33H35N5O7/c1-34-24-10-7-22(8-11-24)5-6-23-9-14-29(36-21-23)45-20-19-44-18-17-43-16-15-35-26-4-2-3-25-30(26)33(42)38(32(25)41)27-12-13-28(39)37-31(27)40/h2-11,14,21,27,34-35H,12-13,15-20H2,1H3,(H,37,39,40)/b6-5+. The molecule has 4 amide bonds. The predicted molar refractivity (Wildman–Crippen MR) is 168 cm³/mol. The SMILES string of the molecule is CNc1ccc(/C=C/c2ccc(OCCOCCOCCNc3cccc4c3C(=O)N(C3CCC(=O)NC3=O)C4=O)nc2)cc1. The number of fused-ring (bicyclic) bond motifs is 1. The second-order valence-corrected chi connectivity index (χ2v) is 10.3. The summed E-state index contributed by atoms with van der Waals surface area (Å²) in [5.74, 6) is -1.63. The Kier molecular flexibility index (Phi) is 10.5. The molecule has 5 rings (SSSR count). The van der Waals surface area contributed by atoms with E-state index >= 15 is 0 Å². The van der Waals surface area contributed by atoms with Gasteiger partial charge in [-0.3, -0.25) is 29.4 Å². The number of piperidine rings is 1. The zero-order valence-corrected chi connectivity index (χ0v) is 24.9. The molecule has 1 unspecified atom stereocenters. The van der Waals surface area contributed by atoms with Crippen LogP contribution < -0.4 is 20.7 Å². The van der Waals surface area contributed by atoms with Crippen LogP contribution in [-0.4, -0.2) is 86.2 Å². The van der Waals surface area contributed by atoms with E-state index in [0.29, 0.717) is 51.1 Å². The molecule has 0 spiro atoms. The number of anilines is 2. The van der Waals surface area contributed by atoms with Gasteiger partial charge in [0, 0.05) is 43.7 Å². The second kappa shape index (κ2) is 15.1. The van der Waals surface area contributed by atoms with Crippen molar-refractivity contribution in [1.82, 2.24) is 15.2 Å². The van der Waals surface area contributed by atoms with Gasteiger partial charge in [0.1, 0.15) is 12.6 Å². The maximum atomic E-state index is 13.1. The number of carbonyl (C=O) groups is 4. The minimum atomic E-state index is -1.01. The Labute approximate surface area is 260 Å². The molecule has 0 bridgehead atoms. The molecule has 234 valence electrons. The van der Waals surface area contributed by atoms with Crippen molar-refractivity contribution in [3.05, 3.63) is 83.0 Å². The number of benzene rings is 2. The predicted octanol–water partition coefficient (Wildman–Crippen LogP) is 3.22. The molecule has 0 aliphatic carbocycles. The summed E-state index contributed by atoms with van der Waals surface area (Å²) in [4.78, 5) is 55.2. The molecular formula is C33H35N5O7. The Morgan fingerprint density at radius 2 is 1.62 bits per heavy atom. The highest BCUT2D eigenvalue weighted by atomic mass is 16.5. The molecule has 0 saturated carbocycles. The molecule has 2 aliphatic rings. The van der Waals surface area contributed by atoms with Crippen molar-refractivity contribution in [1.29, 1.82) is 0 Å². The number of carbonyl (C=O) groups excluding carboxylic acids is 4. The van der Waals surface area contributed by atoms with Crippen molar-refractivity contribution in [3.63, 3.8) is 0 Å². The lowest BCUT2D eigenvalue weighted by molar-refractivity contribution is -0.136. The van der Waals surface area contributed by atoms with E-state index in [0.717, 1.165) is 21.7 Å². The van der Waals surface area contributed by atoms with Gasteiger partial charge < -0.3 is 24.8 Å². The molecule has 1 fully saturated rings. The van der Waals surface area contributed by atoms with Crippen molar-refractivity contribution in [3.8, 4) is 5.88 Å². The van der Waals surface area contributed by atoms with Crippen LogP contribution in [0.4, 0.5) is 11.4 Å². The number of aromatic nitrogens is 1. The lowest BCUT2D eigenvalue weighted by atomic mass is 10.0. The van der Waals surface area contributed by atoms with Gasteiger partial charge in [-0.25, -0.2) is 4.98 Å². The number of hydrogen-bond acceptors (Lipinski definition) is 10. The van der Waals surface area contributed by atoms with Gasteiger partial charge in [-0.2, -0.15) is 0 Å². The van der Waals surface area contributed by atoms with Gasteiger partial charge in [0.2, 0.25) is 17.7 Å². The Hall–Kier alpha value is -5.07. The maximum Gasteiger partial charge on any atom is 0.264 e. The molecule has 12 heteroatoms. The summed E-state index contributed by atoms with van der Waals surface area (Å²) in [5.41, 5.74) is 4.05. The first-order valence-electron chi connectivity index (χ1n) is 14.7. The molecule has 0 radical (unpaired) electrons. The van der Waals surface area contributed by atoms with Gasteiger partial charge in [-0.1, -0.05) is 30.4 Å². The highest BCUT2D eigenvalue weighted by Gasteiger charge is 2.45. The number of pyridine rings is 1. The molecule has 45 heavy (non-hydrogen) atoms. The maximum absolute atomic E-state index is 13.1. The molecule has 1 atom stereocenters. The normalized spacial score (nSPS) is 16.2. The van der Waals surface area contributed by atoms with Crippen molar-refractivity contribution in [2.45, 2.75) is 18.9 Å². The van der Waals surface area contributed by atoms with Gasteiger partial charge in [0.15, 0.2) is 0 Å². The quantitative estimate of drug-likeness (QED) is 0.172. The Morgan fingerprint density at radius 1 is 0.889 bits per heavy atom. The summed E-state index contributed by atoms with van der Waals surface area (Å²) in [5, 5.41) is 8.44. The summed E-state index contributed by atoms with van der Waals surface area (Å²) in [6.45, 7) is 2.21. The van der Waals surface area contributed by atoms with Crippen LogP contribution in [0.25, 0.3) is 12.2 Å². The fourth-order valence-electron chi connectivity index (χ4n) is 4.98. The molecule has 12 nitrogen and oxygen atoms in total. The highest BCUT2D eigenvalue weighted by molar-refractivity contribution is 6.25. The van der Waals surface area contributed by atoms with E-state index in [2.05, 4.69) is 20.9 Å². The Bertz CT molecular complexity index is 1560. The number of nitrogens with zero attached hydrogens (tertiary/aromatic N) is 2. The molecule has 1 aromatic heterocycles. The van der Waals surface area contributed by atoms with E-state index in [9.17, 15) is 19.2 Å². The number of ether oxygens (including phenoxy) is 3. The molecule has 2 aromatic carbocycles. The van der Waals surface area contributed by atoms with E-state index < -0.39 is 29.7 Å². The minimum Gasteiger partial charge on any atom is -0.475 e. The van der Waals surface area contributed by atoms with Gasteiger partial charge in [-0.05, 0) is 47.9 Å². The van der Waals surface area contributed by atoms with Gasteiger partial charge in [0.05, 0.1) is 37.6 Å². The number of hydrogen-bond donors (Lipinski definition) is 3.